The van der Waals surface area contributed by atoms with Gasteiger partial charge in [0.2, 0.25) is 0 Å². The Morgan fingerprint density at radius 3 is 2.62 bits per heavy atom. The summed E-state index contributed by atoms with van der Waals surface area (Å²) in [5.41, 5.74) is 0.719. The monoisotopic (exact) mass is 297 g/mol. The number of methoxy groups -OCH3 is 1. The van der Waals surface area contributed by atoms with E-state index in [1.54, 1.807) is 13.2 Å². The molecule has 21 heavy (non-hydrogen) atoms. The molecule has 1 aliphatic carbocycles. The molecule has 1 N–H and O–H groups in total. The lowest BCUT2D eigenvalue weighted by Gasteiger charge is -2.38. The number of halogens is 2. The Morgan fingerprint density at radius 2 is 1.95 bits per heavy atom. The Labute approximate surface area is 125 Å². The molecule has 0 amide bonds. The van der Waals surface area contributed by atoms with Crippen LogP contribution in [-0.2, 0) is 11.2 Å². The van der Waals surface area contributed by atoms with Crippen LogP contribution in [-0.4, -0.2) is 26.8 Å². The molecule has 0 spiro atoms. The van der Waals surface area contributed by atoms with E-state index >= 15 is 0 Å². The van der Waals surface area contributed by atoms with Gasteiger partial charge >= 0.3 is 0 Å². The fourth-order valence-corrected chi connectivity index (χ4v) is 3.31. The van der Waals surface area contributed by atoms with Crippen LogP contribution in [0.5, 0.6) is 0 Å². The van der Waals surface area contributed by atoms with E-state index in [0.29, 0.717) is 18.6 Å². The summed E-state index contributed by atoms with van der Waals surface area (Å²) in [6, 6.07) is 3.94. The molecule has 2 nitrogen and oxygen atoms in total. The molecule has 2 rings (SSSR count). The predicted molar refractivity (Wildman–Crippen MR) is 80.3 cm³/mol. The minimum absolute atomic E-state index is 0.0880. The Kier molecular flexibility index (Phi) is 6.12. The average molecular weight is 297 g/mol. The van der Waals surface area contributed by atoms with Crippen molar-refractivity contribution in [1.82, 2.24) is 5.32 Å². The van der Waals surface area contributed by atoms with Gasteiger partial charge in [-0.05, 0) is 36.3 Å². The summed E-state index contributed by atoms with van der Waals surface area (Å²) in [5.74, 6) is -0.927. The topological polar surface area (TPSA) is 21.3 Å². The van der Waals surface area contributed by atoms with Crippen molar-refractivity contribution < 1.29 is 13.5 Å². The molecule has 0 unspecified atom stereocenters. The molecule has 1 aromatic carbocycles. The molecule has 1 aromatic rings. The molecular formula is C17H25F2NO. The highest BCUT2D eigenvalue weighted by atomic mass is 19.1. The molecule has 1 aliphatic rings. The van der Waals surface area contributed by atoms with E-state index in [0.717, 1.165) is 32.0 Å². The smallest absolute Gasteiger partial charge is 0.129 e. The second-order valence-electron chi connectivity index (χ2n) is 6.14. The van der Waals surface area contributed by atoms with Gasteiger partial charge in [-0.15, -0.1) is 0 Å². The van der Waals surface area contributed by atoms with Crippen molar-refractivity contribution in [2.75, 3.05) is 26.8 Å². The minimum atomic E-state index is -0.507. The lowest BCUT2D eigenvalue weighted by atomic mass is 9.70. The van der Waals surface area contributed by atoms with Crippen LogP contribution in [0.15, 0.2) is 18.2 Å². The number of hydrogen-bond donors (Lipinski definition) is 1. The first kappa shape index (κ1) is 16.4. The van der Waals surface area contributed by atoms with Crippen molar-refractivity contribution in [2.45, 2.75) is 38.5 Å². The highest BCUT2D eigenvalue weighted by molar-refractivity contribution is 5.20. The molecule has 0 atom stereocenters. The Balaban J connectivity index is 2.04. The fraction of sp³-hybridized carbons (Fsp3) is 0.647. The zero-order valence-electron chi connectivity index (χ0n) is 12.8. The molecule has 0 saturated heterocycles. The van der Waals surface area contributed by atoms with Crippen molar-refractivity contribution in [1.29, 1.82) is 0 Å². The van der Waals surface area contributed by atoms with Crippen LogP contribution >= 0.6 is 0 Å². The number of ether oxygens (including phenoxy) is 1. The minimum Gasteiger partial charge on any atom is -0.383 e. The maximum absolute atomic E-state index is 13.9. The molecule has 0 heterocycles. The van der Waals surface area contributed by atoms with Crippen LogP contribution in [0.1, 0.15) is 37.7 Å². The van der Waals surface area contributed by atoms with E-state index in [1.807, 2.05) is 0 Å². The second-order valence-corrected chi connectivity index (χ2v) is 6.14. The van der Waals surface area contributed by atoms with Gasteiger partial charge in [0.25, 0.3) is 0 Å². The van der Waals surface area contributed by atoms with Gasteiger partial charge in [-0.3, -0.25) is 0 Å². The number of rotatable bonds is 7. The van der Waals surface area contributed by atoms with Crippen molar-refractivity contribution in [3.8, 4) is 0 Å². The summed E-state index contributed by atoms with van der Waals surface area (Å²) in [5, 5.41) is 3.43. The molecule has 0 bridgehead atoms. The Morgan fingerprint density at radius 1 is 1.19 bits per heavy atom. The first-order valence-corrected chi connectivity index (χ1v) is 7.79. The maximum Gasteiger partial charge on any atom is 0.129 e. The molecule has 1 fully saturated rings. The third-order valence-electron chi connectivity index (χ3n) is 4.48. The molecule has 118 valence electrons. The predicted octanol–water partition coefficient (Wildman–Crippen LogP) is 3.69. The standard InChI is InChI=1S/C17H25F2NO/c1-21-10-9-20-13-17(7-3-2-4-8-17)12-14-5-6-15(18)11-16(14)19/h5-6,11,20H,2-4,7-10,12-13H2,1H3. The summed E-state index contributed by atoms with van der Waals surface area (Å²) in [6.07, 6.45) is 6.52. The van der Waals surface area contributed by atoms with Gasteiger partial charge in [0.05, 0.1) is 6.61 Å². The zero-order chi connectivity index (χ0) is 15.1. The van der Waals surface area contributed by atoms with Crippen molar-refractivity contribution >= 4 is 0 Å². The van der Waals surface area contributed by atoms with E-state index in [9.17, 15) is 8.78 Å². The summed E-state index contributed by atoms with van der Waals surface area (Å²) in [7, 11) is 1.69. The third-order valence-corrected chi connectivity index (χ3v) is 4.48. The van der Waals surface area contributed by atoms with E-state index in [-0.39, 0.29) is 5.41 Å². The van der Waals surface area contributed by atoms with Gasteiger partial charge in [-0.25, -0.2) is 8.78 Å². The fourth-order valence-electron chi connectivity index (χ4n) is 3.31. The molecule has 0 aliphatic heterocycles. The largest absolute Gasteiger partial charge is 0.383 e. The quantitative estimate of drug-likeness (QED) is 0.775. The second kappa shape index (κ2) is 7.85. The van der Waals surface area contributed by atoms with Gasteiger partial charge in [-0.1, -0.05) is 25.3 Å². The molecule has 0 radical (unpaired) electrons. The lowest BCUT2D eigenvalue weighted by Crippen LogP contribution is -2.39. The molecular weight excluding hydrogens is 272 g/mol. The highest BCUT2D eigenvalue weighted by Crippen LogP contribution is 2.39. The third kappa shape index (κ3) is 4.75. The van der Waals surface area contributed by atoms with Gasteiger partial charge in [0.15, 0.2) is 0 Å². The van der Waals surface area contributed by atoms with E-state index in [2.05, 4.69) is 5.32 Å². The van der Waals surface area contributed by atoms with Crippen molar-refractivity contribution in [2.24, 2.45) is 5.41 Å². The van der Waals surface area contributed by atoms with Crippen LogP contribution in [0.4, 0.5) is 8.78 Å². The van der Waals surface area contributed by atoms with Crippen LogP contribution in [0, 0.1) is 17.0 Å². The number of benzene rings is 1. The summed E-state index contributed by atoms with van der Waals surface area (Å²) in [6.45, 7) is 2.36. The number of hydrogen-bond acceptors (Lipinski definition) is 2. The van der Waals surface area contributed by atoms with Crippen LogP contribution in [0.2, 0.25) is 0 Å². The summed E-state index contributed by atoms with van der Waals surface area (Å²) < 4.78 is 32.0. The van der Waals surface area contributed by atoms with Gasteiger partial charge in [-0.2, -0.15) is 0 Å². The van der Waals surface area contributed by atoms with Gasteiger partial charge in [0, 0.05) is 26.3 Å². The van der Waals surface area contributed by atoms with E-state index in [4.69, 9.17) is 4.74 Å². The van der Waals surface area contributed by atoms with E-state index in [1.165, 1.54) is 25.3 Å². The number of nitrogens with one attached hydrogen (secondary N) is 1. The average Bonchev–Trinajstić information content (AvgIpc) is 2.48. The van der Waals surface area contributed by atoms with Crippen LogP contribution in [0.3, 0.4) is 0 Å². The highest BCUT2D eigenvalue weighted by Gasteiger charge is 2.32. The zero-order valence-corrected chi connectivity index (χ0v) is 12.8. The Bertz CT molecular complexity index is 444. The van der Waals surface area contributed by atoms with Crippen LogP contribution < -0.4 is 5.32 Å². The van der Waals surface area contributed by atoms with Gasteiger partial charge < -0.3 is 10.1 Å². The normalized spacial score (nSPS) is 17.9. The Hall–Kier alpha value is -1.00. The molecule has 0 aromatic heterocycles. The first-order chi connectivity index (χ1) is 10.2. The summed E-state index contributed by atoms with van der Waals surface area (Å²) in [4.78, 5) is 0. The van der Waals surface area contributed by atoms with Crippen molar-refractivity contribution in [3.63, 3.8) is 0 Å². The first-order valence-electron chi connectivity index (χ1n) is 7.79. The van der Waals surface area contributed by atoms with E-state index < -0.39 is 11.6 Å². The van der Waals surface area contributed by atoms with Gasteiger partial charge in [0.1, 0.15) is 11.6 Å². The molecule has 4 heteroatoms. The lowest BCUT2D eigenvalue weighted by molar-refractivity contribution is 0.161. The molecule has 1 saturated carbocycles. The van der Waals surface area contributed by atoms with Crippen molar-refractivity contribution in [3.05, 3.63) is 35.4 Å². The summed E-state index contributed by atoms with van der Waals surface area (Å²) >= 11 is 0. The maximum atomic E-state index is 13.9. The SMILES string of the molecule is COCCNCC1(Cc2ccc(F)cc2F)CCCCC1. The van der Waals surface area contributed by atoms with Crippen LogP contribution in [0.25, 0.3) is 0 Å².